The number of benzene rings is 2. The molecule has 0 saturated heterocycles. The lowest BCUT2D eigenvalue weighted by molar-refractivity contribution is -0.138. The molecule has 0 fully saturated rings. The maximum Gasteiger partial charge on any atom is 0.322 e. The molecule has 3 atom stereocenters. The molecule has 0 aliphatic heterocycles. The third kappa shape index (κ3) is 9.98. The van der Waals surface area contributed by atoms with Crippen molar-refractivity contribution in [3.8, 4) is 5.75 Å². The lowest BCUT2D eigenvalue weighted by Crippen LogP contribution is -2.57. The Morgan fingerprint density at radius 1 is 0.784 bits per heavy atom. The van der Waals surface area contributed by atoms with E-state index in [9.17, 15) is 29.1 Å². The van der Waals surface area contributed by atoms with Crippen LogP contribution in [0.5, 0.6) is 5.75 Å². The number of rotatable bonds is 13. The average Bonchev–Trinajstić information content (AvgIpc) is 2.87. The lowest BCUT2D eigenvalue weighted by atomic mass is 10.0. The predicted octanol–water partition coefficient (Wildman–Crippen LogP) is -1.19. The Kier molecular flexibility index (Phi) is 11.0. The first-order chi connectivity index (χ1) is 17.6. The van der Waals surface area contributed by atoms with Gasteiger partial charge in [0.05, 0.1) is 6.54 Å². The van der Waals surface area contributed by atoms with E-state index < -0.39 is 54.3 Å². The van der Waals surface area contributed by atoms with Gasteiger partial charge in [0, 0.05) is 12.8 Å². The number of carboxylic acids is 1. The van der Waals surface area contributed by atoms with Crippen molar-refractivity contribution in [1.29, 1.82) is 0 Å². The SMILES string of the molecule is CC(NC(=O)C(Cc1ccccc1)NC(=O)CN)C(=O)NC(Cc1ccc(O)cc1)C(=O)NCC(=O)O. The standard InChI is InChI=1S/C25H31N5O7/c1-15(28-25(37)20(29-21(32)13-26)11-16-5-3-2-4-6-16)23(35)30-19(24(36)27-14-22(33)34)12-17-7-9-18(31)10-8-17/h2-10,15,19-20,31H,11-14,26H2,1H3,(H,27,36)(H,28,37)(H,29,32)(H,30,35)(H,33,34). The monoisotopic (exact) mass is 513 g/mol. The molecule has 3 unspecified atom stereocenters. The number of phenolic OH excluding ortho intramolecular Hbond substituents is 1. The number of amides is 4. The quantitative estimate of drug-likeness (QED) is 0.173. The Labute approximate surface area is 213 Å². The van der Waals surface area contributed by atoms with Gasteiger partial charge in [-0.1, -0.05) is 42.5 Å². The van der Waals surface area contributed by atoms with E-state index in [1.54, 1.807) is 36.4 Å². The summed E-state index contributed by atoms with van der Waals surface area (Å²) in [5.41, 5.74) is 6.74. The van der Waals surface area contributed by atoms with Gasteiger partial charge >= 0.3 is 5.97 Å². The van der Waals surface area contributed by atoms with Gasteiger partial charge in [-0.25, -0.2) is 0 Å². The molecule has 0 bridgehead atoms. The van der Waals surface area contributed by atoms with Gasteiger partial charge in [0.2, 0.25) is 23.6 Å². The first kappa shape index (κ1) is 28.8. The first-order valence-electron chi connectivity index (χ1n) is 11.5. The van der Waals surface area contributed by atoms with Crippen molar-refractivity contribution in [3.05, 3.63) is 65.7 Å². The topological polar surface area (TPSA) is 200 Å². The van der Waals surface area contributed by atoms with E-state index in [0.717, 1.165) is 5.56 Å². The van der Waals surface area contributed by atoms with Crippen molar-refractivity contribution in [3.63, 3.8) is 0 Å². The molecule has 2 aromatic carbocycles. The van der Waals surface area contributed by atoms with Crippen LogP contribution in [0.15, 0.2) is 54.6 Å². The Bertz CT molecular complexity index is 1090. The third-order valence-electron chi connectivity index (χ3n) is 5.29. The van der Waals surface area contributed by atoms with Gasteiger partial charge in [-0.15, -0.1) is 0 Å². The van der Waals surface area contributed by atoms with Crippen LogP contribution in [-0.2, 0) is 36.8 Å². The molecule has 0 aromatic heterocycles. The van der Waals surface area contributed by atoms with Crippen LogP contribution in [0.2, 0.25) is 0 Å². The van der Waals surface area contributed by atoms with Gasteiger partial charge in [-0.2, -0.15) is 0 Å². The number of nitrogens with two attached hydrogens (primary N) is 1. The highest BCUT2D eigenvalue weighted by Crippen LogP contribution is 2.12. The zero-order valence-corrected chi connectivity index (χ0v) is 20.3. The van der Waals surface area contributed by atoms with Crippen molar-refractivity contribution in [2.45, 2.75) is 37.9 Å². The van der Waals surface area contributed by atoms with E-state index in [1.807, 2.05) is 6.07 Å². The Balaban J connectivity index is 2.10. The highest BCUT2D eigenvalue weighted by Gasteiger charge is 2.28. The molecule has 2 rings (SSSR count). The Hall–Kier alpha value is -4.45. The molecular formula is C25H31N5O7. The minimum absolute atomic E-state index is 0.00132. The molecule has 4 amide bonds. The van der Waals surface area contributed by atoms with Crippen molar-refractivity contribution >= 4 is 29.6 Å². The zero-order valence-electron chi connectivity index (χ0n) is 20.3. The molecule has 0 aliphatic carbocycles. The molecule has 12 heteroatoms. The summed E-state index contributed by atoms with van der Waals surface area (Å²) >= 11 is 0. The van der Waals surface area contributed by atoms with Crippen molar-refractivity contribution < 1.29 is 34.2 Å². The fourth-order valence-corrected chi connectivity index (χ4v) is 3.35. The number of hydrogen-bond donors (Lipinski definition) is 7. The van der Waals surface area contributed by atoms with E-state index in [4.69, 9.17) is 10.8 Å². The molecular weight excluding hydrogens is 482 g/mol. The van der Waals surface area contributed by atoms with Crippen molar-refractivity contribution in [1.82, 2.24) is 21.3 Å². The summed E-state index contributed by atoms with van der Waals surface area (Å²) in [6, 6.07) is 11.6. The number of nitrogens with one attached hydrogen (secondary N) is 4. The second kappa shape index (κ2) is 14.2. The number of phenols is 1. The van der Waals surface area contributed by atoms with Gasteiger partial charge in [-0.05, 0) is 30.2 Å². The minimum atomic E-state index is -1.26. The summed E-state index contributed by atoms with van der Waals surface area (Å²) in [5.74, 6) is -3.85. The van der Waals surface area contributed by atoms with Crippen LogP contribution in [0.1, 0.15) is 18.1 Å². The van der Waals surface area contributed by atoms with E-state index in [-0.39, 0.29) is 25.1 Å². The minimum Gasteiger partial charge on any atom is -0.508 e. The number of aliphatic carboxylic acids is 1. The van der Waals surface area contributed by atoms with Crippen LogP contribution in [0.3, 0.4) is 0 Å². The molecule has 8 N–H and O–H groups in total. The number of hydrogen-bond acceptors (Lipinski definition) is 7. The molecule has 198 valence electrons. The normalized spacial score (nSPS) is 12.9. The number of aromatic hydroxyl groups is 1. The molecule has 0 radical (unpaired) electrons. The maximum atomic E-state index is 12.9. The molecule has 12 nitrogen and oxygen atoms in total. The molecule has 0 saturated carbocycles. The van der Waals surface area contributed by atoms with E-state index in [1.165, 1.54) is 19.1 Å². The predicted molar refractivity (Wildman–Crippen MR) is 133 cm³/mol. The Morgan fingerprint density at radius 3 is 1.92 bits per heavy atom. The number of carbonyl (C=O) groups excluding carboxylic acids is 4. The summed E-state index contributed by atoms with van der Waals surface area (Å²) in [5, 5.41) is 28.1. The fraction of sp³-hybridized carbons (Fsp3) is 0.320. The largest absolute Gasteiger partial charge is 0.508 e. The maximum absolute atomic E-state index is 12.9. The summed E-state index contributed by atoms with van der Waals surface area (Å²) in [4.78, 5) is 61.1. The smallest absolute Gasteiger partial charge is 0.322 e. The van der Waals surface area contributed by atoms with Gasteiger partial charge < -0.3 is 37.2 Å². The average molecular weight is 514 g/mol. The van der Waals surface area contributed by atoms with Gasteiger partial charge in [0.1, 0.15) is 30.4 Å². The molecule has 0 spiro atoms. The van der Waals surface area contributed by atoms with Crippen LogP contribution < -0.4 is 27.0 Å². The molecule has 2 aromatic rings. The number of carbonyl (C=O) groups is 5. The second-order valence-corrected chi connectivity index (χ2v) is 8.29. The summed E-state index contributed by atoms with van der Waals surface area (Å²) < 4.78 is 0. The van der Waals surface area contributed by atoms with E-state index in [2.05, 4.69) is 21.3 Å². The first-order valence-corrected chi connectivity index (χ1v) is 11.5. The molecule has 37 heavy (non-hydrogen) atoms. The highest BCUT2D eigenvalue weighted by atomic mass is 16.4. The van der Waals surface area contributed by atoms with E-state index in [0.29, 0.717) is 5.56 Å². The van der Waals surface area contributed by atoms with Crippen LogP contribution in [-0.4, -0.2) is 71.0 Å². The zero-order chi connectivity index (χ0) is 27.4. The molecule has 0 heterocycles. The van der Waals surface area contributed by atoms with Gasteiger partial charge in [0.15, 0.2) is 0 Å². The van der Waals surface area contributed by atoms with Crippen LogP contribution in [0.25, 0.3) is 0 Å². The van der Waals surface area contributed by atoms with Gasteiger partial charge in [0.25, 0.3) is 0 Å². The van der Waals surface area contributed by atoms with Crippen LogP contribution >= 0.6 is 0 Å². The van der Waals surface area contributed by atoms with Crippen molar-refractivity contribution in [2.24, 2.45) is 5.73 Å². The summed E-state index contributed by atoms with van der Waals surface area (Å²) in [6.45, 7) is 0.443. The highest BCUT2D eigenvalue weighted by molar-refractivity contribution is 5.94. The lowest BCUT2D eigenvalue weighted by Gasteiger charge is -2.23. The third-order valence-corrected chi connectivity index (χ3v) is 5.29. The van der Waals surface area contributed by atoms with E-state index >= 15 is 0 Å². The van der Waals surface area contributed by atoms with Crippen LogP contribution in [0, 0.1) is 0 Å². The Morgan fingerprint density at radius 2 is 1.35 bits per heavy atom. The number of carboxylic acid groups (broad SMARTS) is 1. The van der Waals surface area contributed by atoms with Crippen LogP contribution in [0.4, 0.5) is 0 Å². The van der Waals surface area contributed by atoms with Crippen molar-refractivity contribution in [2.75, 3.05) is 13.1 Å². The fourth-order valence-electron chi connectivity index (χ4n) is 3.35. The van der Waals surface area contributed by atoms with Gasteiger partial charge in [-0.3, -0.25) is 24.0 Å². The summed E-state index contributed by atoms with van der Waals surface area (Å²) in [6.07, 6.45) is 0.162. The summed E-state index contributed by atoms with van der Waals surface area (Å²) in [7, 11) is 0. The molecule has 0 aliphatic rings. The second-order valence-electron chi connectivity index (χ2n) is 8.29.